The van der Waals surface area contributed by atoms with Gasteiger partial charge in [-0.05, 0) is 68.6 Å². The number of carbonyl (C=O) groups is 1. The number of aromatic nitrogens is 3. The third-order valence-electron chi connectivity index (χ3n) is 6.97. The molecule has 9 heteroatoms. The Morgan fingerprint density at radius 2 is 1.74 bits per heavy atom. The van der Waals surface area contributed by atoms with Gasteiger partial charge in [-0.2, -0.15) is 13.2 Å². The van der Waals surface area contributed by atoms with Gasteiger partial charge >= 0.3 is 11.9 Å². The number of nitrogens with one attached hydrogen (secondary N) is 1. The second-order valence-electron chi connectivity index (χ2n) is 8.89. The minimum atomic E-state index is -4.73. The molecule has 5 rings (SSSR count). The average Bonchev–Trinajstić information content (AvgIpc) is 2.82. The molecule has 0 unspecified atom stereocenters. The van der Waals surface area contributed by atoms with Crippen LogP contribution in [0.2, 0.25) is 0 Å². The van der Waals surface area contributed by atoms with Gasteiger partial charge in [-0.15, -0.1) is 5.10 Å². The van der Waals surface area contributed by atoms with Gasteiger partial charge in [-0.1, -0.05) is 0 Å². The van der Waals surface area contributed by atoms with Crippen molar-refractivity contribution in [2.24, 2.45) is 30.2 Å². The molecule has 1 aromatic rings. The molecule has 150 valence electrons. The number of hydrogen-bond donors (Lipinski definition) is 1. The summed E-state index contributed by atoms with van der Waals surface area (Å²) in [6, 6.07) is -0.0556. The van der Waals surface area contributed by atoms with Crippen molar-refractivity contribution in [2.75, 3.05) is 0 Å². The predicted molar refractivity (Wildman–Crippen MR) is 90.7 cm³/mol. The van der Waals surface area contributed by atoms with Crippen LogP contribution in [0.15, 0.2) is 4.79 Å². The lowest BCUT2D eigenvalue weighted by molar-refractivity contribution is -0.147. The van der Waals surface area contributed by atoms with Crippen LogP contribution in [0.5, 0.6) is 0 Å². The maximum absolute atomic E-state index is 12.9. The number of rotatable bonds is 4. The first-order valence-electron chi connectivity index (χ1n) is 9.58. The van der Waals surface area contributed by atoms with Crippen molar-refractivity contribution in [3.05, 3.63) is 16.3 Å². The highest BCUT2D eigenvalue weighted by atomic mass is 19.4. The Hall–Kier alpha value is -1.80. The van der Waals surface area contributed by atoms with Gasteiger partial charge in [0.15, 0.2) is 0 Å². The lowest BCUT2D eigenvalue weighted by Crippen LogP contribution is -2.56. The monoisotopic (exact) mass is 386 g/mol. The highest BCUT2D eigenvalue weighted by Crippen LogP contribution is 2.61. The summed E-state index contributed by atoms with van der Waals surface area (Å²) >= 11 is 0. The number of carbonyl (C=O) groups excluding carboxylic acids is 1. The van der Waals surface area contributed by atoms with E-state index in [1.54, 1.807) is 0 Å². The van der Waals surface area contributed by atoms with Crippen LogP contribution >= 0.6 is 0 Å². The smallest absolute Gasteiger partial charge is 0.351 e. The third kappa shape index (κ3) is 3.18. The Kier molecular flexibility index (Phi) is 4.19. The molecule has 4 fully saturated rings. The van der Waals surface area contributed by atoms with Crippen molar-refractivity contribution >= 4 is 5.91 Å². The fourth-order valence-electron chi connectivity index (χ4n) is 6.12. The molecule has 1 atom stereocenters. The van der Waals surface area contributed by atoms with E-state index in [4.69, 9.17) is 0 Å². The van der Waals surface area contributed by atoms with E-state index in [-0.39, 0.29) is 11.5 Å². The van der Waals surface area contributed by atoms with Gasteiger partial charge in [0.05, 0.1) is 0 Å². The van der Waals surface area contributed by atoms with Gasteiger partial charge in [0.1, 0.15) is 6.54 Å². The first-order valence-corrected chi connectivity index (χ1v) is 9.58. The van der Waals surface area contributed by atoms with Gasteiger partial charge in [-0.3, -0.25) is 9.36 Å². The second-order valence-corrected chi connectivity index (χ2v) is 8.89. The number of nitrogens with zero attached hydrogens (tertiary/aromatic N) is 3. The van der Waals surface area contributed by atoms with E-state index in [1.165, 1.54) is 19.3 Å². The molecule has 0 saturated heterocycles. The van der Waals surface area contributed by atoms with Crippen molar-refractivity contribution in [3.63, 3.8) is 0 Å². The van der Waals surface area contributed by atoms with Gasteiger partial charge in [0.2, 0.25) is 11.7 Å². The maximum atomic E-state index is 12.9. The summed E-state index contributed by atoms with van der Waals surface area (Å²) in [6.07, 6.45) is 2.49. The molecule has 1 heterocycles. The fourth-order valence-corrected chi connectivity index (χ4v) is 6.12. The van der Waals surface area contributed by atoms with Crippen LogP contribution in [0.1, 0.15) is 51.3 Å². The fraction of sp³-hybridized carbons (Fsp3) is 0.833. The van der Waals surface area contributed by atoms with Gasteiger partial charge in [-0.25, -0.2) is 9.48 Å². The topological polar surface area (TPSA) is 68.9 Å². The molecule has 4 aliphatic carbocycles. The second kappa shape index (κ2) is 6.10. The number of halogens is 3. The molecule has 4 bridgehead atoms. The largest absolute Gasteiger partial charge is 0.451 e. The van der Waals surface area contributed by atoms with Crippen LogP contribution in [0.25, 0.3) is 0 Å². The van der Waals surface area contributed by atoms with E-state index in [1.807, 2.05) is 6.92 Å². The lowest BCUT2D eigenvalue weighted by Gasteiger charge is -2.59. The van der Waals surface area contributed by atoms with Crippen LogP contribution < -0.4 is 11.0 Å². The molecule has 27 heavy (non-hydrogen) atoms. The molecule has 4 aliphatic rings. The standard InChI is InChI=1S/C18H25F3N4O2/c1-10(17-6-11-3-12(7-17)5-13(4-11)8-17)22-14(26)9-25-16(27)24(2)15(23-25)18(19,20)21/h10-13H,3-9H2,1-2H3,(H,22,26)/t10-,11?,12?,13?,17?/m1/s1. The summed E-state index contributed by atoms with van der Waals surface area (Å²) < 4.78 is 39.6. The maximum Gasteiger partial charge on any atom is 0.451 e. The van der Waals surface area contributed by atoms with Crippen molar-refractivity contribution in [2.45, 2.75) is 64.2 Å². The molecule has 6 nitrogen and oxygen atoms in total. The number of amides is 1. The SMILES string of the molecule is C[C@@H](NC(=O)Cn1nc(C(F)(F)F)n(C)c1=O)C12CC3CC(CC(C3)C1)C2. The Morgan fingerprint density at radius 3 is 2.19 bits per heavy atom. The average molecular weight is 386 g/mol. The molecule has 0 aliphatic heterocycles. The van der Waals surface area contributed by atoms with Gasteiger partial charge < -0.3 is 5.32 Å². The Morgan fingerprint density at radius 1 is 1.22 bits per heavy atom. The lowest BCUT2D eigenvalue weighted by atomic mass is 9.48. The van der Waals surface area contributed by atoms with Crippen LogP contribution in [0.3, 0.4) is 0 Å². The number of hydrogen-bond acceptors (Lipinski definition) is 3. The van der Waals surface area contributed by atoms with E-state index < -0.39 is 30.1 Å². The summed E-state index contributed by atoms with van der Waals surface area (Å²) in [5, 5.41) is 6.25. The Labute approximate surface area is 155 Å². The normalized spacial score (nSPS) is 33.3. The van der Waals surface area contributed by atoms with Crippen LogP contribution in [-0.4, -0.2) is 26.3 Å². The van der Waals surface area contributed by atoms with Crippen molar-refractivity contribution < 1.29 is 18.0 Å². The van der Waals surface area contributed by atoms with Gasteiger partial charge in [0, 0.05) is 13.1 Å². The van der Waals surface area contributed by atoms with E-state index in [0.29, 0.717) is 9.25 Å². The molecule has 0 spiro atoms. The molecular formula is C18H25F3N4O2. The molecule has 4 saturated carbocycles. The summed E-state index contributed by atoms with van der Waals surface area (Å²) in [7, 11) is 1.00. The minimum absolute atomic E-state index is 0.0556. The Balaban J connectivity index is 1.45. The molecule has 1 amide bonds. The molecule has 0 aromatic carbocycles. The van der Waals surface area contributed by atoms with Crippen LogP contribution in [0.4, 0.5) is 13.2 Å². The minimum Gasteiger partial charge on any atom is -0.351 e. The molecular weight excluding hydrogens is 361 g/mol. The number of alkyl halides is 3. The summed E-state index contributed by atoms with van der Waals surface area (Å²) in [4.78, 5) is 24.4. The summed E-state index contributed by atoms with van der Waals surface area (Å²) in [5.41, 5.74) is -0.851. The molecule has 1 aromatic heterocycles. The zero-order valence-electron chi connectivity index (χ0n) is 15.6. The van der Waals surface area contributed by atoms with E-state index in [0.717, 1.165) is 44.1 Å². The highest BCUT2D eigenvalue weighted by molar-refractivity contribution is 5.76. The van der Waals surface area contributed by atoms with Crippen molar-refractivity contribution in [3.8, 4) is 0 Å². The first-order chi connectivity index (χ1) is 12.6. The van der Waals surface area contributed by atoms with E-state index in [9.17, 15) is 22.8 Å². The van der Waals surface area contributed by atoms with E-state index in [2.05, 4.69) is 10.4 Å². The molecule has 1 N–H and O–H groups in total. The summed E-state index contributed by atoms with van der Waals surface area (Å²) in [6.45, 7) is 1.49. The highest BCUT2D eigenvalue weighted by Gasteiger charge is 2.53. The van der Waals surface area contributed by atoms with Crippen molar-refractivity contribution in [1.82, 2.24) is 19.7 Å². The third-order valence-corrected chi connectivity index (χ3v) is 6.97. The van der Waals surface area contributed by atoms with Gasteiger partial charge in [0.25, 0.3) is 0 Å². The first kappa shape index (κ1) is 18.6. The predicted octanol–water partition coefficient (Wildman–Crippen LogP) is 2.32. The van der Waals surface area contributed by atoms with Crippen LogP contribution in [-0.2, 0) is 24.6 Å². The quantitative estimate of drug-likeness (QED) is 0.864. The van der Waals surface area contributed by atoms with Crippen LogP contribution in [0, 0.1) is 23.2 Å². The van der Waals surface area contributed by atoms with Crippen molar-refractivity contribution in [1.29, 1.82) is 0 Å². The zero-order chi connectivity index (χ0) is 19.6. The summed E-state index contributed by atoms with van der Waals surface area (Å²) in [5.74, 6) is 0.455. The Bertz CT molecular complexity index is 775. The molecule has 0 radical (unpaired) electrons. The zero-order valence-corrected chi connectivity index (χ0v) is 15.6. The van der Waals surface area contributed by atoms with E-state index >= 15 is 0 Å².